The van der Waals surface area contributed by atoms with E-state index in [0.29, 0.717) is 15.7 Å². The highest BCUT2D eigenvalue weighted by Gasteiger charge is 2.10. The van der Waals surface area contributed by atoms with Crippen LogP contribution < -0.4 is 0 Å². The molecule has 0 unspecified atom stereocenters. The molecule has 5 heteroatoms. The lowest BCUT2D eigenvalue weighted by Gasteiger charge is -2.07. The zero-order chi connectivity index (χ0) is 10.1. The summed E-state index contributed by atoms with van der Waals surface area (Å²) in [6, 6.07) is 5.33. The second-order valence-corrected chi connectivity index (χ2v) is 3.60. The molecule has 1 aromatic heterocycles. The van der Waals surface area contributed by atoms with Gasteiger partial charge in [0.1, 0.15) is 17.8 Å². The van der Waals surface area contributed by atoms with Crippen molar-refractivity contribution in [2.75, 3.05) is 0 Å². The van der Waals surface area contributed by atoms with Gasteiger partial charge in [0, 0.05) is 0 Å². The van der Waals surface area contributed by atoms with Crippen LogP contribution in [0.3, 0.4) is 0 Å². The van der Waals surface area contributed by atoms with Crippen molar-refractivity contribution < 1.29 is 0 Å². The van der Waals surface area contributed by atoms with Gasteiger partial charge in [-0.05, 0) is 19.1 Å². The molecule has 0 saturated heterocycles. The number of aryl methyl sites for hydroxylation is 1. The molecule has 0 amide bonds. The van der Waals surface area contributed by atoms with Gasteiger partial charge in [-0.15, -0.1) is 0 Å². The number of rotatable bonds is 1. The molecule has 3 nitrogen and oxygen atoms in total. The van der Waals surface area contributed by atoms with Crippen LogP contribution in [-0.4, -0.2) is 14.8 Å². The molecular weight excluding hydrogens is 221 g/mol. The van der Waals surface area contributed by atoms with Gasteiger partial charge >= 0.3 is 0 Å². The Morgan fingerprint density at radius 3 is 2.36 bits per heavy atom. The number of nitrogens with zero attached hydrogens (tertiary/aromatic N) is 3. The molecule has 2 aromatic rings. The maximum absolute atomic E-state index is 6.02. The van der Waals surface area contributed by atoms with Crippen molar-refractivity contribution in [1.29, 1.82) is 0 Å². The van der Waals surface area contributed by atoms with E-state index in [4.69, 9.17) is 23.2 Å². The molecule has 0 atom stereocenters. The fourth-order valence-corrected chi connectivity index (χ4v) is 1.77. The predicted molar refractivity (Wildman–Crippen MR) is 56.1 cm³/mol. The zero-order valence-corrected chi connectivity index (χ0v) is 8.92. The highest BCUT2D eigenvalue weighted by atomic mass is 35.5. The largest absolute Gasteiger partial charge is 0.220 e. The predicted octanol–water partition coefficient (Wildman–Crippen LogP) is 2.88. The van der Waals surface area contributed by atoms with Crippen LogP contribution in [0.2, 0.25) is 10.0 Å². The van der Waals surface area contributed by atoms with Crippen LogP contribution in [0.15, 0.2) is 24.5 Å². The summed E-state index contributed by atoms with van der Waals surface area (Å²) in [6.07, 6.45) is 1.47. The van der Waals surface area contributed by atoms with E-state index in [0.717, 1.165) is 5.82 Å². The number of halogens is 2. The van der Waals surface area contributed by atoms with Crippen LogP contribution in [0.4, 0.5) is 0 Å². The van der Waals surface area contributed by atoms with Crippen LogP contribution >= 0.6 is 23.2 Å². The van der Waals surface area contributed by atoms with Crippen molar-refractivity contribution in [3.05, 3.63) is 40.4 Å². The van der Waals surface area contributed by atoms with Crippen molar-refractivity contribution in [3.63, 3.8) is 0 Å². The van der Waals surface area contributed by atoms with E-state index in [-0.39, 0.29) is 0 Å². The van der Waals surface area contributed by atoms with Crippen LogP contribution in [-0.2, 0) is 0 Å². The summed E-state index contributed by atoms with van der Waals surface area (Å²) in [7, 11) is 0. The maximum atomic E-state index is 6.02. The molecule has 0 radical (unpaired) electrons. The highest BCUT2D eigenvalue weighted by molar-refractivity contribution is 6.37. The van der Waals surface area contributed by atoms with Gasteiger partial charge in [-0.3, -0.25) is 0 Å². The third-order valence-corrected chi connectivity index (χ3v) is 2.48. The second-order valence-electron chi connectivity index (χ2n) is 2.79. The van der Waals surface area contributed by atoms with Crippen LogP contribution in [0.25, 0.3) is 5.69 Å². The summed E-state index contributed by atoms with van der Waals surface area (Å²) in [5.41, 5.74) is 0.672. The molecule has 1 aromatic carbocycles. The van der Waals surface area contributed by atoms with E-state index in [1.54, 1.807) is 22.9 Å². The standard InChI is InChI=1S/C9H7Cl2N3/c1-6-12-5-13-14(6)9-7(10)3-2-4-8(9)11/h2-5H,1H3. The first kappa shape index (κ1) is 9.49. The molecule has 0 saturated carbocycles. The number of aromatic nitrogens is 3. The molecule has 14 heavy (non-hydrogen) atoms. The summed E-state index contributed by atoms with van der Waals surface area (Å²) < 4.78 is 1.62. The van der Waals surface area contributed by atoms with Crippen molar-refractivity contribution in [2.45, 2.75) is 6.92 Å². The Labute approximate surface area is 91.3 Å². The van der Waals surface area contributed by atoms with E-state index < -0.39 is 0 Å². The molecular formula is C9H7Cl2N3. The minimum Gasteiger partial charge on any atom is -0.220 e. The van der Waals surface area contributed by atoms with E-state index >= 15 is 0 Å². The smallest absolute Gasteiger partial charge is 0.138 e. The normalized spacial score (nSPS) is 10.5. The first-order valence-electron chi connectivity index (χ1n) is 4.01. The van der Waals surface area contributed by atoms with Crippen molar-refractivity contribution in [3.8, 4) is 5.69 Å². The summed E-state index contributed by atoms with van der Waals surface area (Å²) in [6.45, 7) is 1.84. The molecule has 0 fully saturated rings. The Balaban J connectivity index is 2.68. The van der Waals surface area contributed by atoms with Crippen molar-refractivity contribution in [2.24, 2.45) is 0 Å². The summed E-state index contributed by atoms with van der Waals surface area (Å²) >= 11 is 12.0. The number of hydrogen-bond donors (Lipinski definition) is 0. The Hall–Kier alpha value is -1.06. The molecule has 72 valence electrons. The average Bonchev–Trinajstić information content (AvgIpc) is 2.52. The van der Waals surface area contributed by atoms with Gasteiger partial charge in [-0.2, -0.15) is 5.10 Å². The molecule has 1 heterocycles. The first-order chi connectivity index (χ1) is 6.70. The maximum Gasteiger partial charge on any atom is 0.138 e. The van der Waals surface area contributed by atoms with E-state index in [2.05, 4.69) is 10.1 Å². The fraction of sp³-hybridized carbons (Fsp3) is 0.111. The quantitative estimate of drug-likeness (QED) is 0.751. The minimum atomic E-state index is 0.561. The van der Waals surface area contributed by atoms with Gasteiger partial charge in [0.05, 0.1) is 10.0 Å². The Morgan fingerprint density at radius 2 is 1.86 bits per heavy atom. The SMILES string of the molecule is Cc1ncnn1-c1c(Cl)cccc1Cl. The number of benzene rings is 1. The zero-order valence-electron chi connectivity index (χ0n) is 7.41. The number of para-hydroxylation sites is 1. The van der Waals surface area contributed by atoms with E-state index in [1.807, 2.05) is 6.92 Å². The third-order valence-electron chi connectivity index (χ3n) is 1.87. The summed E-state index contributed by atoms with van der Waals surface area (Å²) in [4.78, 5) is 4.01. The number of hydrogen-bond acceptors (Lipinski definition) is 2. The van der Waals surface area contributed by atoms with E-state index in [1.165, 1.54) is 6.33 Å². The fourth-order valence-electron chi connectivity index (χ4n) is 1.21. The van der Waals surface area contributed by atoms with Crippen LogP contribution in [0.1, 0.15) is 5.82 Å². The molecule has 0 bridgehead atoms. The van der Waals surface area contributed by atoms with Crippen molar-refractivity contribution in [1.82, 2.24) is 14.8 Å². The van der Waals surface area contributed by atoms with Crippen molar-refractivity contribution >= 4 is 23.2 Å². The van der Waals surface area contributed by atoms with Gasteiger partial charge in [0.2, 0.25) is 0 Å². The average molecular weight is 228 g/mol. The van der Waals surface area contributed by atoms with Crippen LogP contribution in [0, 0.1) is 6.92 Å². The van der Waals surface area contributed by atoms with Gasteiger partial charge in [0.25, 0.3) is 0 Å². The van der Waals surface area contributed by atoms with Gasteiger partial charge in [0.15, 0.2) is 0 Å². The van der Waals surface area contributed by atoms with Gasteiger partial charge < -0.3 is 0 Å². The van der Waals surface area contributed by atoms with E-state index in [9.17, 15) is 0 Å². The minimum absolute atomic E-state index is 0.561. The Bertz CT molecular complexity index is 445. The summed E-state index contributed by atoms with van der Waals surface area (Å²) in [5.74, 6) is 0.750. The second kappa shape index (κ2) is 3.59. The highest BCUT2D eigenvalue weighted by Crippen LogP contribution is 2.27. The molecule has 0 N–H and O–H groups in total. The monoisotopic (exact) mass is 227 g/mol. The van der Waals surface area contributed by atoms with Gasteiger partial charge in [-0.25, -0.2) is 9.67 Å². The molecule has 0 spiro atoms. The molecule has 0 aliphatic carbocycles. The molecule has 2 rings (SSSR count). The third kappa shape index (κ3) is 1.49. The summed E-state index contributed by atoms with van der Waals surface area (Å²) in [5, 5.41) is 5.17. The lowest BCUT2D eigenvalue weighted by molar-refractivity contribution is 0.841. The lowest BCUT2D eigenvalue weighted by atomic mass is 10.3. The first-order valence-corrected chi connectivity index (χ1v) is 4.77. The molecule has 0 aliphatic heterocycles. The Kier molecular flexibility index (Phi) is 2.44. The van der Waals surface area contributed by atoms with Crippen LogP contribution in [0.5, 0.6) is 0 Å². The van der Waals surface area contributed by atoms with Gasteiger partial charge in [-0.1, -0.05) is 29.3 Å². The lowest BCUT2D eigenvalue weighted by Crippen LogP contribution is -2.00. The Morgan fingerprint density at radius 1 is 1.21 bits per heavy atom. The molecule has 0 aliphatic rings. The topological polar surface area (TPSA) is 30.7 Å².